The highest BCUT2D eigenvalue weighted by atomic mass is 32.2. The Hall–Kier alpha value is -0.0600. The Balaban J connectivity index is 2.56. The van der Waals surface area contributed by atoms with Gasteiger partial charge in [0.15, 0.2) is 0 Å². The Morgan fingerprint density at radius 2 is 2.25 bits per heavy atom. The fourth-order valence-corrected chi connectivity index (χ4v) is 2.99. The van der Waals surface area contributed by atoms with Crippen LogP contribution in [0.5, 0.6) is 0 Å². The molecule has 0 saturated heterocycles. The second-order valence-corrected chi connectivity index (χ2v) is 6.21. The van der Waals surface area contributed by atoms with Gasteiger partial charge in [-0.05, 0) is 31.8 Å². The van der Waals surface area contributed by atoms with Gasteiger partial charge in [0.25, 0.3) is 0 Å². The number of aromatic nitrogens is 1. The van der Waals surface area contributed by atoms with Crippen LogP contribution in [0.1, 0.15) is 43.4 Å². The number of rotatable bonds is 7. The number of nitrogens with zero attached hydrogens (tertiary/aromatic N) is 1. The molecular weight excluding hydrogens is 236 g/mol. The zero-order valence-electron chi connectivity index (χ0n) is 10.6. The quantitative estimate of drug-likeness (QED) is 0.756. The summed E-state index contributed by atoms with van der Waals surface area (Å²) in [4.78, 5) is 4.59. The number of thiazole rings is 1. The molecule has 1 aromatic rings. The summed E-state index contributed by atoms with van der Waals surface area (Å²) in [7, 11) is 0. The van der Waals surface area contributed by atoms with Crippen LogP contribution >= 0.6 is 23.1 Å². The number of thioether (sulfide) groups is 1. The summed E-state index contributed by atoms with van der Waals surface area (Å²) in [6.45, 7) is 6.46. The molecule has 0 bridgehead atoms. The van der Waals surface area contributed by atoms with Crippen molar-refractivity contribution in [3.63, 3.8) is 0 Å². The van der Waals surface area contributed by atoms with Gasteiger partial charge in [-0.15, -0.1) is 11.3 Å². The summed E-state index contributed by atoms with van der Waals surface area (Å²) < 4.78 is 0. The van der Waals surface area contributed by atoms with E-state index >= 15 is 0 Å². The first-order valence-corrected chi connectivity index (χ1v) is 8.08. The van der Waals surface area contributed by atoms with Crippen LogP contribution in [0.2, 0.25) is 0 Å². The van der Waals surface area contributed by atoms with Gasteiger partial charge in [0, 0.05) is 17.1 Å². The molecule has 1 rings (SSSR count). The summed E-state index contributed by atoms with van der Waals surface area (Å²) in [6.07, 6.45) is 4.61. The molecule has 1 heterocycles. The highest BCUT2D eigenvalue weighted by molar-refractivity contribution is 7.98. The third-order valence-corrected chi connectivity index (χ3v) is 4.08. The summed E-state index contributed by atoms with van der Waals surface area (Å²) in [5.41, 5.74) is 1.14. The van der Waals surface area contributed by atoms with Crippen molar-refractivity contribution >= 4 is 23.1 Å². The summed E-state index contributed by atoms with van der Waals surface area (Å²) in [6, 6.07) is 0.953. The predicted molar refractivity (Wildman–Crippen MR) is 75.5 cm³/mol. The first-order chi connectivity index (χ1) is 7.63. The van der Waals surface area contributed by atoms with Crippen molar-refractivity contribution in [1.29, 1.82) is 0 Å². The summed E-state index contributed by atoms with van der Waals surface area (Å²) >= 11 is 3.70. The lowest BCUT2D eigenvalue weighted by Gasteiger charge is -2.19. The largest absolute Gasteiger partial charge is 0.306 e. The maximum absolute atomic E-state index is 4.59. The summed E-state index contributed by atoms with van der Waals surface area (Å²) in [5.74, 6) is 1.24. The van der Waals surface area contributed by atoms with Crippen molar-refractivity contribution in [1.82, 2.24) is 10.3 Å². The SMILES string of the molecule is CSCCCC(NC(C)C)c1nc(C)cs1. The zero-order valence-corrected chi connectivity index (χ0v) is 12.3. The van der Waals surface area contributed by atoms with Crippen molar-refractivity contribution in [2.24, 2.45) is 0 Å². The Morgan fingerprint density at radius 3 is 2.75 bits per heavy atom. The number of hydrogen-bond donors (Lipinski definition) is 1. The standard InChI is InChI=1S/C12H22N2S2/c1-9(2)13-11(6-5-7-15-4)12-14-10(3)8-16-12/h8-9,11,13H,5-7H2,1-4H3. The lowest BCUT2D eigenvalue weighted by molar-refractivity contribution is 0.448. The first-order valence-electron chi connectivity index (χ1n) is 5.80. The van der Waals surface area contributed by atoms with Gasteiger partial charge in [-0.1, -0.05) is 13.8 Å². The molecule has 1 N–H and O–H groups in total. The van der Waals surface area contributed by atoms with E-state index < -0.39 is 0 Å². The maximum Gasteiger partial charge on any atom is 0.110 e. The van der Waals surface area contributed by atoms with E-state index in [0.29, 0.717) is 12.1 Å². The molecule has 0 saturated carbocycles. The molecule has 0 aliphatic rings. The van der Waals surface area contributed by atoms with E-state index in [2.05, 4.69) is 42.7 Å². The molecule has 1 atom stereocenters. The lowest BCUT2D eigenvalue weighted by atomic mass is 10.1. The molecule has 0 aromatic carbocycles. The zero-order chi connectivity index (χ0) is 12.0. The second kappa shape index (κ2) is 7.30. The van der Waals surface area contributed by atoms with Gasteiger partial charge in [0.05, 0.1) is 6.04 Å². The third-order valence-electron chi connectivity index (χ3n) is 2.31. The van der Waals surface area contributed by atoms with Crippen LogP contribution in [0.3, 0.4) is 0 Å². The van der Waals surface area contributed by atoms with Crippen LogP contribution in [0.4, 0.5) is 0 Å². The molecule has 0 aliphatic heterocycles. The molecule has 0 aliphatic carbocycles. The van der Waals surface area contributed by atoms with E-state index in [1.54, 1.807) is 11.3 Å². The molecule has 0 spiro atoms. The highest BCUT2D eigenvalue weighted by Gasteiger charge is 2.15. The molecule has 92 valence electrons. The molecule has 1 unspecified atom stereocenters. The molecular formula is C12H22N2S2. The number of hydrogen-bond acceptors (Lipinski definition) is 4. The normalized spacial score (nSPS) is 13.3. The Morgan fingerprint density at radius 1 is 1.50 bits per heavy atom. The highest BCUT2D eigenvalue weighted by Crippen LogP contribution is 2.23. The number of aryl methyl sites for hydroxylation is 1. The van der Waals surface area contributed by atoms with Crippen molar-refractivity contribution in [3.8, 4) is 0 Å². The van der Waals surface area contributed by atoms with Gasteiger partial charge in [0.2, 0.25) is 0 Å². The van der Waals surface area contributed by atoms with Crippen molar-refractivity contribution in [3.05, 3.63) is 16.1 Å². The van der Waals surface area contributed by atoms with E-state index in [1.807, 2.05) is 11.8 Å². The molecule has 16 heavy (non-hydrogen) atoms. The first kappa shape index (κ1) is 14.0. The molecule has 0 radical (unpaired) electrons. The van der Waals surface area contributed by atoms with Gasteiger partial charge in [-0.25, -0.2) is 4.98 Å². The Bertz CT molecular complexity index is 297. The van der Waals surface area contributed by atoms with Crippen LogP contribution in [-0.2, 0) is 0 Å². The second-order valence-electron chi connectivity index (χ2n) is 4.34. The minimum Gasteiger partial charge on any atom is -0.306 e. The average Bonchev–Trinajstić information content (AvgIpc) is 2.63. The Labute approximate surface area is 107 Å². The predicted octanol–water partition coefficient (Wildman–Crippen LogP) is 3.63. The van der Waals surface area contributed by atoms with Gasteiger partial charge in [-0.3, -0.25) is 0 Å². The fourth-order valence-electron chi connectivity index (χ4n) is 1.64. The van der Waals surface area contributed by atoms with Gasteiger partial charge in [0.1, 0.15) is 5.01 Å². The van der Waals surface area contributed by atoms with Crippen molar-refractivity contribution in [2.75, 3.05) is 12.0 Å². The van der Waals surface area contributed by atoms with E-state index in [9.17, 15) is 0 Å². The number of nitrogens with one attached hydrogen (secondary N) is 1. The van der Waals surface area contributed by atoms with E-state index in [1.165, 1.54) is 23.6 Å². The van der Waals surface area contributed by atoms with Crippen LogP contribution in [0.15, 0.2) is 5.38 Å². The topological polar surface area (TPSA) is 24.9 Å². The van der Waals surface area contributed by atoms with Crippen LogP contribution < -0.4 is 5.32 Å². The van der Waals surface area contributed by atoms with Gasteiger partial charge < -0.3 is 5.32 Å². The lowest BCUT2D eigenvalue weighted by Crippen LogP contribution is -2.28. The average molecular weight is 258 g/mol. The van der Waals surface area contributed by atoms with Crippen molar-refractivity contribution < 1.29 is 0 Å². The van der Waals surface area contributed by atoms with E-state index in [-0.39, 0.29) is 0 Å². The van der Waals surface area contributed by atoms with Gasteiger partial charge >= 0.3 is 0 Å². The molecule has 0 fully saturated rings. The molecule has 0 amide bonds. The van der Waals surface area contributed by atoms with Gasteiger partial charge in [-0.2, -0.15) is 11.8 Å². The minimum atomic E-state index is 0.436. The molecule has 1 aromatic heterocycles. The van der Waals surface area contributed by atoms with Crippen LogP contribution in [-0.4, -0.2) is 23.0 Å². The fraction of sp³-hybridized carbons (Fsp3) is 0.750. The smallest absolute Gasteiger partial charge is 0.110 e. The molecule has 4 heteroatoms. The monoisotopic (exact) mass is 258 g/mol. The minimum absolute atomic E-state index is 0.436. The van der Waals surface area contributed by atoms with E-state index in [0.717, 1.165) is 5.69 Å². The summed E-state index contributed by atoms with van der Waals surface area (Å²) in [5, 5.41) is 6.99. The third kappa shape index (κ3) is 4.85. The van der Waals surface area contributed by atoms with Crippen LogP contribution in [0.25, 0.3) is 0 Å². The van der Waals surface area contributed by atoms with Crippen molar-refractivity contribution in [2.45, 2.75) is 45.7 Å². The van der Waals surface area contributed by atoms with Crippen LogP contribution in [0, 0.1) is 6.92 Å². The van der Waals surface area contributed by atoms with E-state index in [4.69, 9.17) is 0 Å². The Kier molecular flexibility index (Phi) is 6.39. The molecule has 2 nitrogen and oxygen atoms in total. The maximum atomic E-state index is 4.59.